The first-order chi connectivity index (χ1) is 0. The molecule has 0 radical (unpaired) electrons. The number of halogens is 2. The molecule has 0 aromatic rings. The van der Waals surface area contributed by atoms with Gasteiger partial charge >= 0.3 is 84.5 Å². The third kappa shape index (κ3) is 8.82. The summed E-state index contributed by atoms with van der Waals surface area (Å²) in [6, 6.07) is 0. The van der Waals surface area contributed by atoms with Crippen molar-refractivity contribution in [1.82, 2.24) is 0 Å². The second-order valence-corrected chi connectivity index (χ2v) is 0. The Morgan fingerprint density at radius 1 is 0.750 bits per heavy atom. The summed E-state index contributed by atoms with van der Waals surface area (Å²) in [5.41, 5.74) is 0. The Balaban J connectivity index is 0. The molecule has 0 nitrogen and oxygen atoms in total. The quantitative estimate of drug-likeness (QED) is 0.390. The molecule has 0 amide bonds. The van der Waals surface area contributed by atoms with Crippen molar-refractivity contribution < 1.29 is 45.0 Å². The molecule has 0 aromatic carbocycles. The molecule has 4 heavy (non-hydrogen) atoms. The summed E-state index contributed by atoms with van der Waals surface area (Å²) in [7, 11) is 0. The number of hydrogen-bond acceptors (Lipinski definition) is 0. The van der Waals surface area contributed by atoms with Crippen LogP contribution in [0.2, 0.25) is 0 Å². The molecule has 0 fully saturated rings. The minimum Gasteiger partial charge on any atom is -1.00 e. The molecule has 0 aliphatic carbocycles. The molecular weight excluding hydrogens is 314 g/mol. The molecule has 0 saturated heterocycles. The van der Waals surface area contributed by atoms with Crippen molar-refractivity contribution in [3.63, 3.8) is 0 Å². The van der Waals surface area contributed by atoms with Gasteiger partial charge in [0.15, 0.2) is 0 Å². The van der Waals surface area contributed by atoms with Gasteiger partial charge in [0, 0.05) is 0 Å². The van der Waals surface area contributed by atoms with E-state index in [0.29, 0.717) is 0 Å². The zero-order chi connectivity index (χ0) is 0. The molecule has 0 aliphatic rings. The molecule has 4 heteroatoms. The van der Waals surface area contributed by atoms with Crippen LogP contribution in [0.1, 0.15) is 0 Å². The topological polar surface area (TPSA) is 0 Å². The van der Waals surface area contributed by atoms with Crippen molar-refractivity contribution in [2.24, 2.45) is 0 Å². The standard InChI is InChI=1S/Ba.2FH.La/h;2*1H;/q+2;;;+3/p-2. The van der Waals surface area contributed by atoms with Crippen LogP contribution >= 0.6 is 0 Å². The van der Waals surface area contributed by atoms with Gasteiger partial charge in [-0.05, 0) is 0 Å². The Bertz CT molecular complexity index is 6.00. The fourth-order valence-corrected chi connectivity index (χ4v) is 0. The third-order valence-electron chi connectivity index (χ3n) is 0. The molecule has 0 bridgehead atoms. The zero-order valence-electron chi connectivity index (χ0n) is 2.04. The largest absolute Gasteiger partial charge is 3.00 e. The molecule has 0 unspecified atom stereocenters. The van der Waals surface area contributed by atoms with Gasteiger partial charge in [-0.25, -0.2) is 0 Å². The molecule has 0 atom stereocenters. The van der Waals surface area contributed by atoms with Crippen LogP contribution in [0.3, 0.4) is 0 Å². The first-order valence-corrected chi connectivity index (χ1v) is 0. The van der Waals surface area contributed by atoms with Gasteiger partial charge in [0.2, 0.25) is 0 Å². The summed E-state index contributed by atoms with van der Waals surface area (Å²) in [5.74, 6) is 0. The van der Waals surface area contributed by atoms with Gasteiger partial charge in [0.1, 0.15) is 0 Å². The molecule has 0 aromatic heterocycles. The molecule has 0 rings (SSSR count). The predicted molar refractivity (Wildman–Crippen MR) is 5.75 cm³/mol. The SMILES string of the molecule is [Ba+2].[F-].[F-].[La+3]. The minimum atomic E-state index is 0. The summed E-state index contributed by atoms with van der Waals surface area (Å²) in [4.78, 5) is 0. The predicted octanol–water partition coefficient (Wildman–Crippen LogP) is -6.37. The fourth-order valence-electron chi connectivity index (χ4n) is 0. The first kappa shape index (κ1) is 30.4. The smallest absolute Gasteiger partial charge is 1.00 e. The van der Waals surface area contributed by atoms with Crippen molar-refractivity contribution in [1.29, 1.82) is 0 Å². The molecule has 16 valence electrons. The van der Waals surface area contributed by atoms with Crippen molar-refractivity contribution in [3.8, 4) is 0 Å². The van der Waals surface area contributed by atoms with E-state index < -0.39 is 0 Å². The molecule has 0 aliphatic heterocycles. The van der Waals surface area contributed by atoms with Gasteiger partial charge in [0.25, 0.3) is 0 Å². The van der Waals surface area contributed by atoms with E-state index in [4.69, 9.17) is 0 Å². The Morgan fingerprint density at radius 2 is 0.750 bits per heavy atom. The van der Waals surface area contributed by atoms with E-state index in [1.165, 1.54) is 0 Å². The maximum atomic E-state index is 0. The summed E-state index contributed by atoms with van der Waals surface area (Å²) >= 11 is 0. The van der Waals surface area contributed by atoms with Crippen LogP contribution < -0.4 is 9.41 Å². The summed E-state index contributed by atoms with van der Waals surface area (Å²) < 4.78 is 0. The maximum absolute atomic E-state index is 0. The Hall–Kier alpha value is 2.63. The Labute approximate surface area is 91.5 Å². The van der Waals surface area contributed by atoms with E-state index >= 15 is 0 Å². The van der Waals surface area contributed by atoms with Crippen LogP contribution in [0.25, 0.3) is 0 Å². The van der Waals surface area contributed by atoms with E-state index in [-0.39, 0.29) is 93.9 Å². The minimum absolute atomic E-state index is 0. The van der Waals surface area contributed by atoms with Crippen LogP contribution in [-0.2, 0) is 0 Å². The third-order valence-corrected chi connectivity index (χ3v) is 0. The molecular formula is BaF2La+3. The Kier molecular flexibility index (Phi) is 133. The van der Waals surface area contributed by atoms with Crippen molar-refractivity contribution in [3.05, 3.63) is 0 Å². The summed E-state index contributed by atoms with van der Waals surface area (Å²) in [5, 5.41) is 0. The van der Waals surface area contributed by atoms with Gasteiger partial charge < -0.3 is 9.41 Å². The van der Waals surface area contributed by atoms with Crippen LogP contribution in [0, 0.1) is 35.6 Å². The average molecular weight is 314 g/mol. The fraction of sp³-hybridized carbons (Fsp3) is 0. The second-order valence-electron chi connectivity index (χ2n) is 0. The van der Waals surface area contributed by atoms with E-state index in [1.54, 1.807) is 0 Å². The zero-order valence-corrected chi connectivity index (χ0v) is 10.1. The van der Waals surface area contributed by atoms with Crippen LogP contribution in [0.5, 0.6) is 0 Å². The monoisotopic (exact) mass is 315 g/mol. The van der Waals surface area contributed by atoms with Gasteiger partial charge in [0.05, 0.1) is 0 Å². The maximum Gasteiger partial charge on any atom is 3.00 e. The molecule has 0 saturated carbocycles. The molecule has 0 N–H and O–H groups in total. The second kappa shape index (κ2) is 17.5. The number of rotatable bonds is 0. The summed E-state index contributed by atoms with van der Waals surface area (Å²) in [6.07, 6.45) is 0. The van der Waals surface area contributed by atoms with Crippen molar-refractivity contribution in [2.45, 2.75) is 0 Å². The van der Waals surface area contributed by atoms with E-state index in [1.807, 2.05) is 0 Å². The van der Waals surface area contributed by atoms with E-state index in [2.05, 4.69) is 0 Å². The van der Waals surface area contributed by atoms with Crippen LogP contribution in [0.15, 0.2) is 0 Å². The average Bonchev–Trinajstić information content (AvgIpc) is 0. The van der Waals surface area contributed by atoms with E-state index in [9.17, 15) is 0 Å². The van der Waals surface area contributed by atoms with Crippen LogP contribution in [-0.4, -0.2) is 48.9 Å². The Morgan fingerprint density at radius 3 is 0.750 bits per heavy atom. The first-order valence-electron chi connectivity index (χ1n) is 0. The van der Waals surface area contributed by atoms with Crippen molar-refractivity contribution in [2.75, 3.05) is 0 Å². The normalized spacial score (nSPS) is 0. The summed E-state index contributed by atoms with van der Waals surface area (Å²) in [6.45, 7) is 0. The van der Waals surface area contributed by atoms with Crippen LogP contribution in [0.4, 0.5) is 0 Å². The van der Waals surface area contributed by atoms with Gasteiger partial charge in [-0.1, -0.05) is 0 Å². The van der Waals surface area contributed by atoms with Crippen molar-refractivity contribution >= 4 is 48.9 Å². The van der Waals surface area contributed by atoms with Gasteiger partial charge in [-0.2, -0.15) is 0 Å². The van der Waals surface area contributed by atoms with Gasteiger partial charge in [-0.15, -0.1) is 0 Å². The van der Waals surface area contributed by atoms with Gasteiger partial charge in [-0.3, -0.25) is 0 Å². The molecule has 0 heterocycles. The molecule has 0 spiro atoms. The number of hydrogen-bond donors (Lipinski definition) is 0. The van der Waals surface area contributed by atoms with E-state index in [0.717, 1.165) is 0 Å².